The maximum atomic E-state index is 3.31. The van der Waals surface area contributed by atoms with Crippen LogP contribution in [0, 0.1) is 0 Å². The predicted octanol–water partition coefficient (Wildman–Crippen LogP) is 1.15. The molecule has 0 spiro atoms. The first kappa shape index (κ1) is 12.3. The smallest absolute Gasteiger partial charge is 0.0278 e. The first-order valence-electron chi connectivity index (χ1n) is 6.77. The Morgan fingerprint density at radius 3 is 2.50 bits per heavy atom. The van der Waals surface area contributed by atoms with Crippen LogP contribution in [0.5, 0.6) is 0 Å². The van der Waals surface area contributed by atoms with E-state index >= 15 is 0 Å². The van der Waals surface area contributed by atoms with Crippen molar-refractivity contribution in [2.24, 2.45) is 0 Å². The van der Waals surface area contributed by atoms with Crippen LogP contribution in [-0.4, -0.2) is 61.2 Å². The lowest BCUT2D eigenvalue weighted by Crippen LogP contribution is -2.50. The number of nitrogens with zero attached hydrogens (tertiary/aromatic N) is 2. The zero-order chi connectivity index (χ0) is 11.6. The van der Waals surface area contributed by atoms with Gasteiger partial charge in [0.25, 0.3) is 0 Å². The summed E-state index contributed by atoms with van der Waals surface area (Å²) < 4.78 is 0. The summed E-state index contributed by atoms with van der Waals surface area (Å²) in [7, 11) is 2.05. The summed E-state index contributed by atoms with van der Waals surface area (Å²) in [5.74, 6) is 0. The summed E-state index contributed by atoms with van der Waals surface area (Å²) in [6.07, 6.45) is 4.19. The van der Waals surface area contributed by atoms with Gasteiger partial charge in [0.05, 0.1) is 0 Å². The van der Waals surface area contributed by atoms with Crippen LogP contribution < -0.4 is 5.32 Å². The SMILES string of the molecule is CNCC(C)(C)N1CCC(N2CCCC2)C1. The van der Waals surface area contributed by atoms with E-state index in [0.29, 0.717) is 5.54 Å². The van der Waals surface area contributed by atoms with E-state index in [1.807, 2.05) is 0 Å². The molecule has 94 valence electrons. The fraction of sp³-hybridized carbons (Fsp3) is 1.00. The van der Waals surface area contributed by atoms with Crippen molar-refractivity contribution in [1.82, 2.24) is 15.1 Å². The van der Waals surface area contributed by atoms with Crippen LogP contribution in [0.4, 0.5) is 0 Å². The molecule has 2 saturated heterocycles. The predicted molar refractivity (Wildman–Crippen MR) is 68.8 cm³/mol. The van der Waals surface area contributed by atoms with Crippen molar-refractivity contribution in [2.75, 3.05) is 39.8 Å². The van der Waals surface area contributed by atoms with Gasteiger partial charge in [-0.25, -0.2) is 0 Å². The Balaban J connectivity index is 1.86. The Morgan fingerprint density at radius 1 is 1.19 bits per heavy atom. The van der Waals surface area contributed by atoms with Crippen LogP contribution in [0.1, 0.15) is 33.1 Å². The fourth-order valence-corrected chi connectivity index (χ4v) is 3.24. The number of hydrogen-bond acceptors (Lipinski definition) is 3. The zero-order valence-corrected chi connectivity index (χ0v) is 11.1. The average Bonchev–Trinajstić information content (AvgIpc) is 2.89. The van der Waals surface area contributed by atoms with Gasteiger partial charge in [0.2, 0.25) is 0 Å². The maximum absolute atomic E-state index is 3.31. The minimum absolute atomic E-state index is 0.309. The molecule has 0 bridgehead atoms. The van der Waals surface area contributed by atoms with Crippen LogP contribution in [0.3, 0.4) is 0 Å². The van der Waals surface area contributed by atoms with Crippen molar-refractivity contribution in [3.63, 3.8) is 0 Å². The third-order valence-electron chi connectivity index (χ3n) is 4.29. The second-order valence-electron chi connectivity index (χ2n) is 5.97. The van der Waals surface area contributed by atoms with E-state index in [0.717, 1.165) is 12.6 Å². The van der Waals surface area contributed by atoms with Crippen LogP contribution in [0.2, 0.25) is 0 Å². The minimum Gasteiger partial charge on any atom is -0.318 e. The lowest BCUT2D eigenvalue weighted by atomic mass is 10.0. The van der Waals surface area contributed by atoms with Crippen LogP contribution in [0.15, 0.2) is 0 Å². The molecule has 2 aliphatic rings. The summed E-state index contributed by atoms with van der Waals surface area (Å²) in [5, 5.41) is 3.31. The third kappa shape index (κ3) is 2.58. The topological polar surface area (TPSA) is 18.5 Å². The first-order chi connectivity index (χ1) is 7.63. The van der Waals surface area contributed by atoms with Crippen LogP contribution >= 0.6 is 0 Å². The molecule has 0 aromatic carbocycles. The summed E-state index contributed by atoms with van der Waals surface area (Å²) in [6.45, 7) is 11.0. The Labute approximate surface area is 100 Å². The number of hydrogen-bond donors (Lipinski definition) is 1. The maximum Gasteiger partial charge on any atom is 0.0278 e. The summed E-state index contributed by atoms with van der Waals surface area (Å²) >= 11 is 0. The Bertz CT molecular complexity index is 221. The van der Waals surface area contributed by atoms with Gasteiger partial charge in [0.1, 0.15) is 0 Å². The first-order valence-corrected chi connectivity index (χ1v) is 6.77. The number of likely N-dealkylation sites (tertiary alicyclic amines) is 2. The fourth-order valence-electron chi connectivity index (χ4n) is 3.24. The van der Waals surface area contributed by atoms with E-state index in [9.17, 15) is 0 Å². The van der Waals surface area contributed by atoms with Gasteiger partial charge in [-0.15, -0.1) is 0 Å². The molecular weight excluding hydrogens is 198 g/mol. The number of likely N-dealkylation sites (N-methyl/N-ethyl adjacent to an activating group) is 1. The monoisotopic (exact) mass is 225 g/mol. The Kier molecular flexibility index (Phi) is 3.88. The van der Waals surface area contributed by atoms with Crippen molar-refractivity contribution in [3.05, 3.63) is 0 Å². The van der Waals surface area contributed by atoms with Gasteiger partial charge in [0, 0.05) is 31.2 Å². The van der Waals surface area contributed by atoms with E-state index < -0.39 is 0 Å². The highest BCUT2D eigenvalue weighted by Crippen LogP contribution is 2.25. The molecular formula is C13H27N3. The molecule has 2 aliphatic heterocycles. The largest absolute Gasteiger partial charge is 0.318 e. The van der Waals surface area contributed by atoms with Crippen LogP contribution in [0.25, 0.3) is 0 Å². The molecule has 1 unspecified atom stereocenters. The van der Waals surface area contributed by atoms with Crippen molar-refractivity contribution in [3.8, 4) is 0 Å². The molecule has 0 aromatic heterocycles. The third-order valence-corrected chi connectivity index (χ3v) is 4.29. The van der Waals surface area contributed by atoms with Crippen molar-refractivity contribution in [1.29, 1.82) is 0 Å². The van der Waals surface area contributed by atoms with E-state index in [-0.39, 0.29) is 0 Å². The molecule has 16 heavy (non-hydrogen) atoms. The highest BCUT2D eigenvalue weighted by Gasteiger charge is 2.35. The quantitative estimate of drug-likeness (QED) is 0.774. The lowest BCUT2D eigenvalue weighted by Gasteiger charge is -2.36. The Hall–Kier alpha value is -0.120. The van der Waals surface area contributed by atoms with Gasteiger partial charge in [0.15, 0.2) is 0 Å². The van der Waals surface area contributed by atoms with E-state index in [1.54, 1.807) is 0 Å². The summed E-state index contributed by atoms with van der Waals surface area (Å²) in [6, 6.07) is 0.832. The second kappa shape index (κ2) is 5.03. The molecule has 2 fully saturated rings. The molecule has 1 atom stereocenters. The molecule has 1 N–H and O–H groups in total. The van der Waals surface area contributed by atoms with Crippen molar-refractivity contribution in [2.45, 2.75) is 44.7 Å². The van der Waals surface area contributed by atoms with Gasteiger partial charge >= 0.3 is 0 Å². The molecule has 3 heteroatoms. The van der Waals surface area contributed by atoms with Gasteiger partial charge in [-0.3, -0.25) is 9.80 Å². The molecule has 0 radical (unpaired) electrons. The Morgan fingerprint density at radius 2 is 1.88 bits per heavy atom. The van der Waals surface area contributed by atoms with E-state index in [1.165, 1.54) is 45.4 Å². The van der Waals surface area contributed by atoms with Gasteiger partial charge in [-0.2, -0.15) is 0 Å². The molecule has 2 rings (SSSR count). The second-order valence-corrected chi connectivity index (χ2v) is 5.97. The molecule has 2 heterocycles. The van der Waals surface area contributed by atoms with Crippen molar-refractivity contribution < 1.29 is 0 Å². The van der Waals surface area contributed by atoms with E-state index in [4.69, 9.17) is 0 Å². The average molecular weight is 225 g/mol. The molecule has 3 nitrogen and oxygen atoms in total. The highest BCUT2D eigenvalue weighted by atomic mass is 15.3. The summed E-state index contributed by atoms with van der Waals surface area (Å²) in [4.78, 5) is 5.36. The number of rotatable bonds is 4. The highest BCUT2D eigenvalue weighted by molar-refractivity contribution is 4.93. The molecule has 0 amide bonds. The molecule has 0 saturated carbocycles. The van der Waals surface area contributed by atoms with Gasteiger partial charge in [-0.05, 0) is 53.2 Å². The normalized spacial score (nSPS) is 29.1. The van der Waals surface area contributed by atoms with Gasteiger partial charge < -0.3 is 5.32 Å². The standard InChI is InChI=1S/C13H27N3/c1-13(2,11-14-3)16-9-6-12(10-16)15-7-4-5-8-15/h12,14H,4-11H2,1-3H3. The minimum atomic E-state index is 0.309. The van der Waals surface area contributed by atoms with E-state index in [2.05, 4.69) is 36.0 Å². The van der Waals surface area contributed by atoms with Crippen molar-refractivity contribution >= 4 is 0 Å². The number of nitrogens with one attached hydrogen (secondary N) is 1. The van der Waals surface area contributed by atoms with Gasteiger partial charge in [-0.1, -0.05) is 0 Å². The molecule has 0 aromatic rings. The molecule has 0 aliphatic carbocycles. The summed E-state index contributed by atoms with van der Waals surface area (Å²) in [5.41, 5.74) is 0.309. The lowest BCUT2D eigenvalue weighted by molar-refractivity contribution is 0.137. The zero-order valence-electron chi connectivity index (χ0n) is 11.1. The van der Waals surface area contributed by atoms with Crippen LogP contribution in [-0.2, 0) is 0 Å².